The maximum Gasteiger partial charge on any atom is 1.00 e. The smallest absolute Gasteiger partial charge is 0.555 e. The van der Waals surface area contributed by atoms with Gasteiger partial charge in [-0.05, 0) is 88.4 Å². The van der Waals surface area contributed by atoms with Crippen molar-refractivity contribution in [1.82, 2.24) is 14.4 Å². The number of guanidine groups is 1. The van der Waals surface area contributed by atoms with Crippen molar-refractivity contribution in [2.24, 2.45) is 16.8 Å². The van der Waals surface area contributed by atoms with E-state index >= 15 is 0 Å². The van der Waals surface area contributed by atoms with Crippen molar-refractivity contribution >= 4 is 5.96 Å². The van der Waals surface area contributed by atoms with Gasteiger partial charge in [0.25, 0.3) is 0 Å². The molecule has 308 valence electrons. The topological polar surface area (TPSA) is 55.9 Å². The molecule has 1 rings (SSSR count). The Morgan fingerprint density at radius 1 is 0.633 bits per heavy atom. The zero-order chi connectivity index (χ0) is 32.3. The number of hydrogen-bond donors (Lipinski definition) is 0. The minimum Gasteiger partial charge on any atom is -0.555 e. The maximum atomic E-state index is 4.22. The summed E-state index contributed by atoms with van der Waals surface area (Å²) in [7, 11) is 8.18. The number of rotatable bonds is 9. The Balaban J connectivity index is -0.0000000353. The number of aromatic nitrogens is 2. The Kier molecular flexibility index (Phi) is 81.0. The van der Waals surface area contributed by atoms with Gasteiger partial charge in [0.15, 0.2) is 0 Å². The number of nitrogens with zero attached hydrogens (tertiary/aromatic N) is 7. The second-order valence-electron chi connectivity index (χ2n) is 13.3. The summed E-state index contributed by atoms with van der Waals surface area (Å²) in [5.41, 5.74) is 0. The minimum atomic E-state index is 0. The summed E-state index contributed by atoms with van der Waals surface area (Å²) in [6.07, 6.45) is 6.38. The van der Waals surface area contributed by atoms with Crippen LogP contribution in [0.4, 0.5) is 0 Å². The summed E-state index contributed by atoms with van der Waals surface area (Å²) < 4.78 is 4.42. The van der Waals surface area contributed by atoms with Crippen molar-refractivity contribution in [3.05, 3.63) is 29.4 Å². The van der Waals surface area contributed by atoms with Gasteiger partial charge in [0.05, 0.1) is 12.1 Å². The molecule has 7 nitrogen and oxygen atoms in total. The van der Waals surface area contributed by atoms with Crippen molar-refractivity contribution in [2.75, 3.05) is 28.2 Å². The van der Waals surface area contributed by atoms with E-state index in [1.165, 1.54) is 0 Å². The minimum absolute atomic E-state index is 0. The van der Waals surface area contributed by atoms with Crippen LogP contribution < -0.4 is 4.57 Å². The molecule has 0 amide bonds. The molecule has 1 heterocycles. The zero-order valence-electron chi connectivity index (χ0n) is 32.3. The van der Waals surface area contributed by atoms with Crippen LogP contribution in [0.3, 0.4) is 0 Å². The van der Waals surface area contributed by atoms with Crippen LogP contribution in [0.5, 0.6) is 0 Å². The van der Waals surface area contributed by atoms with Gasteiger partial charge < -0.3 is 25.4 Å². The van der Waals surface area contributed by atoms with Crippen LogP contribution in [-0.4, -0.2) is 78.7 Å². The predicted molar refractivity (Wildman–Crippen MR) is 208 cm³/mol. The molecule has 0 spiro atoms. The molecule has 1 aromatic rings. The van der Waals surface area contributed by atoms with E-state index in [-0.39, 0.29) is 139 Å². The van der Waals surface area contributed by atoms with E-state index in [2.05, 4.69) is 158 Å². The Morgan fingerprint density at radius 3 is 1.06 bits per heavy atom. The Bertz CT molecular complexity index is 692. The molecule has 49 heavy (non-hydrogen) atoms. The van der Waals surface area contributed by atoms with Crippen molar-refractivity contribution in [1.29, 1.82) is 0 Å². The number of aliphatic imine (C=N–C) groups is 1. The predicted octanol–water partition coefficient (Wildman–Crippen LogP) is 11.0. The Labute approximate surface area is 376 Å². The van der Waals surface area contributed by atoms with Crippen LogP contribution in [0, 0.1) is 11.8 Å². The van der Waals surface area contributed by atoms with Crippen LogP contribution in [0.2, 0.25) is 0 Å². The zero-order valence-corrected chi connectivity index (χ0v) is 41.0. The molecular weight excluding hydrogens is 1050 g/mol. The fourth-order valence-electron chi connectivity index (χ4n) is 4.17. The monoisotopic (exact) mass is 1140 g/mol. The summed E-state index contributed by atoms with van der Waals surface area (Å²) in [5.74, 6) is 2.14. The molecule has 0 aromatic carbocycles. The van der Waals surface area contributed by atoms with E-state index in [0.29, 0.717) is 30.1 Å². The molecule has 0 aliphatic heterocycles. The molecule has 0 bridgehead atoms. The van der Waals surface area contributed by atoms with Gasteiger partial charge in [0.2, 0.25) is 6.33 Å². The first-order valence-corrected chi connectivity index (χ1v) is 15.5. The quantitative estimate of drug-likeness (QED) is 0.107. The summed E-state index contributed by atoms with van der Waals surface area (Å²) in [6.45, 7) is 34.8. The van der Waals surface area contributed by atoms with Gasteiger partial charge >= 0.3 is 77.9 Å². The van der Waals surface area contributed by atoms with Crippen LogP contribution in [-0.2, 0) is 97.4 Å². The Hall–Kier alpha value is 1.52. The Morgan fingerprint density at radius 2 is 0.959 bits per heavy atom. The van der Waals surface area contributed by atoms with Crippen LogP contribution >= 0.6 is 0 Å². The fraction of sp³-hybridized carbons (Fsp3) is 0.892. The third-order valence-corrected chi connectivity index (χ3v) is 6.41. The van der Waals surface area contributed by atoms with E-state index in [0.717, 1.165) is 17.9 Å². The molecule has 0 N–H and O–H groups in total. The summed E-state index contributed by atoms with van der Waals surface area (Å²) in [6, 6.07) is 3.75. The first kappa shape index (κ1) is 83.5. The van der Waals surface area contributed by atoms with Crippen molar-refractivity contribution in [3.63, 3.8) is 0 Å². The van der Waals surface area contributed by atoms with Crippen LogP contribution in [0.15, 0.2) is 23.7 Å². The van der Waals surface area contributed by atoms with E-state index in [1.807, 2.05) is 27.7 Å². The largest absolute Gasteiger partial charge is 1.00 e. The second-order valence-corrected chi connectivity index (χ2v) is 13.3. The SMILES string of the molecule is C.C.C.C.CC(C)C(C(C)C)N(C)C.CC(C)N(C)C(C)C.CC(C)n1cc[n+](C(C)C)c1.CN=C([N-]C(C)C)[N-]C(C)C.[Ru+].[Ru+].[Ru+].[Ru+].[Ru]. The molecule has 12 heteroatoms. The second kappa shape index (κ2) is 47.5. The van der Waals surface area contributed by atoms with Gasteiger partial charge in [-0.15, -0.1) is 0 Å². The van der Waals surface area contributed by atoms with E-state index in [9.17, 15) is 0 Å². The van der Waals surface area contributed by atoms with E-state index in [1.54, 1.807) is 7.05 Å². The van der Waals surface area contributed by atoms with Gasteiger partial charge in [-0.1, -0.05) is 104 Å². The average Bonchev–Trinajstić information content (AvgIpc) is 3.29. The summed E-state index contributed by atoms with van der Waals surface area (Å²) in [5, 5.41) is 8.44. The van der Waals surface area contributed by atoms with E-state index < -0.39 is 0 Å². The van der Waals surface area contributed by atoms with Gasteiger partial charge in [-0.2, -0.15) is 5.96 Å². The molecule has 4 radical (unpaired) electrons. The molecule has 0 saturated carbocycles. The summed E-state index contributed by atoms with van der Waals surface area (Å²) in [4.78, 5) is 8.60. The number of imidazole rings is 1. The molecule has 0 aliphatic rings. The van der Waals surface area contributed by atoms with Gasteiger partial charge in [0, 0.05) is 37.6 Å². The molecule has 1 aromatic heterocycles. The molecule has 0 aliphatic carbocycles. The molecule has 0 saturated heterocycles. The normalized spacial score (nSPS) is 9.37. The van der Waals surface area contributed by atoms with Gasteiger partial charge in [-0.25, -0.2) is 9.13 Å². The van der Waals surface area contributed by atoms with Crippen molar-refractivity contribution in [2.45, 2.75) is 183 Å². The molecule has 0 fully saturated rings. The first-order valence-electron chi connectivity index (χ1n) is 15.5. The average molecular weight is 1140 g/mol. The standard InChI is InChI=1S/C9H17N2.C9H21N.C8H17N3.C7H17N.4CH4.5Ru/c1-8(2)10-5-6-11(7-10)9(3)4;1-7(2)9(8(3)4)10(5)6;1-6(2)10-8(9-5)11-7(3)4;1-6(2)8(5)7(3)4;;;;;;;;;/h5-9H,1-4H3;7-9H,1-6H3;6-7H,1-5H3;6-7H,1-5H3;4*1H4;;;;;/q+1;;-2;;;;;;;4*+1. The van der Waals surface area contributed by atoms with Crippen LogP contribution in [0.1, 0.15) is 153 Å². The first-order chi connectivity index (χ1) is 18.2. The number of hydrogen-bond acceptors (Lipinski definition) is 3. The van der Waals surface area contributed by atoms with Gasteiger partial charge in [-0.3, -0.25) is 0 Å². The van der Waals surface area contributed by atoms with Crippen molar-refractivity contribution in [3.8, 4) is 0 Å². The van der Waals surface area contributed by atoms with Crippen LogP contribution in [0.25, 0.3) is 10.6 Å². The van der Waals surface area contributed by atoms with Gasteiger partial charge in [0.1, 0.15) is 12.4 Å². The third-order valence-electron chi connectivity index (χ3n) is 6.41. The van der Waals surface area contributed by atoms with E-state index in [4.69, 9.17) is 0 Å². The fourth-order valence-corrected chi connectivity index (χ4v) is 4.17. The summed E-state index contributed by atoms with van der Waals surface area (Å²) >= 11 is 0. The molecule has 0 atom stereocenters. The molecular formula is C37H88N7Ru5+3. The van der Waals surface area contributed by atoms with Crippen molar-refractivity contribution < 1.29 is 102 Å². The third kappa shape index (κ3) is 47.5. The molecule has 0 unspecified atom stereocenters. The maximum absolute atomic E-state index is 4.22.